The van der Waals surface area contributed by atoms with E-state index in [1.165, 1.54) is 0 Å². The molecule has 18 heavy (non-hydrogen) atoms. The van der Waals surface area contributed by atoms with Crippen LogP contribution in [0.15, 0.2) is 24.3 Å². The van der Waals surface area contributed by atoms with Crippen LogP contribution in [-0.2, 0) is 4.79 Å². The van der Waals surface area contributed by atoms with Crippen molar-refractivity contribution in [2.75, 3.05) is 10.6 Å². The predicted octanol–water partition coefficient (Wildman–Crippen LogP) is 2.31. The fraction of sp³-hybridized carbons (Fsp3) is 0.385. The van der Waals surface area contributed by atoms with Crippen molar-refractivity contribution in [3.63, 3.8) is 0 Å². The zero-order chi connectivity index (χ0) is 13.0. The summed E-state index contributed by atoms with van der Waals surface area (Å²) in [5.74, 6) is 0.233. The van der Waals surface area contributed by atoms with E-state index in [2.05, 4.69) is 10.6 Å². The number of urea groups is 1. The fourth-order valence-corrected chi connectivity index (χ4v) is 2.21. The molecule has 1 fully saturated rings. The highest BCUT2D eigenvalue weighted by atomic mass is 16.2. The third kappa shape index (κ3) is 3.23. The van der Waals surface area contributed by atoms with Crippen LogP contribution >= 0.6 is 0 Å². The van der Waals surface area contributed by atoms with Gasteiger partial charge in [-0.2, -0.15) is 0 Å². The molecule has 0 spiro atoms. The molecular formula is C13H17N3O2. The average Bonchev–Trinajstić information content (AvgIpc) is 2.84. The lowest BCUT2D eigenvalue weighted by atomic mass is 10.1. The Balaban J connectivity index is 1.93. The molecule has 0 heterocycles. The second kappa shape index (κ2) is 5.53. The van der Waals surface area contributed by atoms with E-state index in [-0.39, 0.29) is 11.8 Å². The Morgan fingerprint density at radius 1 is 1.00 bits per heavy atom. The van der Waals surface area contributed by atoms with Crippen molar-refractivity contribution in [1.82, 2.24) is 0 Å². The number of hydrogen-bond acceptors (Lipinski definition) is 2. The first-order chi connectivity index (χ1) is 8.65. The maximum Gasteiger partial charge on any atom is 0.316 e. The molecule has 0 aromatic heterocycles. The molecule has 1 saturated carbocycles. The number of benzene rings is 1. The smallest absolute Gasteiger partial charge is 0.316 e. The van der Waals surface area contributed by atoms with Crippen LogP contribution in [0, 0.1) is 5.92 Å². The number of rotatable bonds is 3. The number of hydrogen-bond donors (Lipinski definition) is 3. The van der Waals surface area contributed by atoms with E-state index in [1.54, 1.807) is 24.3 Å². The second-order valence-electron chi connectivity index (χ2n) is 4.54. The van der Waals surface area contributed by atoms with Crippen molar-refractivity contribution < 1.29 is 9.59 Å². The van der Waals surface area contributed by atoms with Gasteiger partial charge in [-0.25, -0.2) is 4.79 Å². The summed E-state index contributed by atoms with van der Waals surface area (Å²) in [6, 6.07) is 6.30. The normalized spacial score (nSPS) is 15.3. The van der Waals surface area contributed by atoms with Gasteiger partial charge >= 0.3 is 6.03 Å². The Morgan fingerprint density at radius 2 is 1.50 bits per heavy atom. The van der Waals surface area contributed by atoms with Crippen LogP contribution in [0.1, 0.15) is 25.7 Å². The number of carbonyl (C=O) groups excluding carboxylic acids is 2. The third-order valence-electron chi connectivity index (χ3n) is 3.15. The average molecular weight is 247 g/mol. The van der Waals surface area contributed by atoms with E-state index in [0.717, 1.165) is 31.4 Å². The molecule has 1 aliphatic carbocycles. The lowest BCUT2D eigenvalue weighted by molar-refractivity contribution is -0.119. The number of nitrogens with two attached hydrogens (primary N) is 1. The molecule has 96 valence electrons. The molecule has 5 nitrogen and oxygen atoms in total. The molecule has 0 aliphatic heterocycles. The van der Waals surface area contributed by atoms with Gasteiger partial charge in [0, 0.05) is 17.3 Å². The van der Waals surface area contributed by atoms with E-state index < -0.39 is 6.03 Å². The van der Waals surface area contributed by atoms with Gasteiger partial charge in [0.2, 0.25) is 5.91 Å². The van der Waals surface area contributed by atoms with Crippen LogP contribution < -0.4 is 16.4 Å². The summed E-state index contributed by atoms with van der Waals surface area (Å²) in [4.78, 5) is 22.5. The van der Waals surface area contributed by atoms with Crippen LogP contribution in [0.25, 0.3) is 0 Å². The van der Waals surface area contributed by atoms with Crippen molar-refractivity contribution in [2.24, 2.45) is 11.7 Å². The van der Waals surface area contributed by atoms with Crippen LogP contribution in [-0.4, -0.2) is 11.9 Å². The van der Waals surface area contributed by atoms with Crippen molar-refractivity contribution >= 4 is 23.3 Å². The lowest BCUT2D eigenvalue weighted by Crippen LogP contribution is -2.20. The minimum atomic E-state index is -0.599. The summed E-state index contributed by atoms with van der Waals surface area (Å²) in [6.45, 7) is 0. The highest BCUT2D eigenvalue weighted by molar-refractivity contribution is 5.93. The summed E-state index contributed by atoms with van der Waals surface area (Å²) < 4.78 is 0. The first kappa shape index (κ1) is 12.4. The summed E-state index contributed by atoms with van der Waals surface area (Å²) >= 11 is 0. The Labute approximate surface area is 106 Å². The molecular weight excluding hydrogens is 230 g/mol. The van der Waals surface area contributed by atoms with Gasteiger partial charge in [0.1, 0.15) is 0 Å². The van der Waals surface area contributed by atoms with Crippen molar-refractivity contribution in [2.45, 2.75) is 25.7 Å². The first-order valence-electron chi connectivity index (χ1n) is 6.12. The Bertz CT molecular complexity index is 436. The van der Waals surface area contributed by atoms with Gasteiger partial charge in [-0.15, -0.1) is 0 Å². The van der Waals surface area contributed by atoms with Gasteiger partial charge in [-0.3, -0.25) is 4.79 Å². The summed E-state index contributed by atoms with van der Waals surface area (Å²) in [5.41, 5.74) is 6.36. The van der Waals surface area contributed by atoms with Gasteiger partial charge < -0.3 is 16.4 Å². The van der Waals surface area contributed by atoms with Crippen LogP contribution in [0.5, 0.6) is 0 Å². The number of primary amides is 1. The molecule has 0 saturated heterocycles. The minimum Gasteiger partial charge on any atom is -0.351 e. The number of anilines is 2. The largest absolute Gasteiger partial charge is 0.351 e. The molecule has 3 amide bonds. The minimum absolute atomic E-state index is 0.0862. The van der Waals surface area contributed by atoms with Crippen LogP contribution in [0.4, 0.5) is 16.2 Å². The van der Waals surface area contributed by atoms with Gasteiger partial charge in [-0.1, -0.05) is 12.8 Å². The van der Waals surface area contributed by atoms with E-state index in [9.17, 15) is 9.59 Å². The van der Waals surface area contributed by atoms with Gasteiger partial charge in [0.15, 0.2) is 0 Å². The molecule has 0 radical (unpaired) electrons. The first-order valence-corrected chi connectivity index (χ1v) is 6.12. The number of nitrogens with one attached hydrogen (secondary N) is 2. The predicted molar refractivity (Wildman–Crippen MR) is 70.2 cm³/mol. The molecule has 2 rings (SSSR count). The van der Waals surface area contributed by atoms with Crippen molar-refractivity contribution in [3.05, 3.63) is 24.3 Å². The quantitative estimate of drug-likeness (QED) is 0.765. The van der Waals surface area contributed by atoms with Crippen LogP contribution in [0.2, 0.25) is 0 Å². The summed E-state index contributed by atoms with van der Waals surface area (Å²) in [7, 11) is 0. The second-order valence-corrected chi connectivity index (χ2v) is 4.54. The van der Waals surface area contributed by atoms with Crippen molar-refractivity contribution in [3.8, 4) is 0 Å². The standard InChI is InChI=1S/C13H17N3O2/c14-13(18)16-11-7-5-10(6-8-11)15-12(17)9-3-1-2-4-9/h5-9H,1-4H2,(H,15,17)(H3,14,16,18). The molecule has 5 heteroatoms. The summed E-state index contributed by atoms with van der Waals surface area (Å²) in [6.07, 6.45) is 4.24. The Hall–Kier alpha value is -2.04. The maximum atomic E-state index is 11.9. The zero-order valence-corrected chi connectivity index (χ0v) is 10.1. The third-order valence-corrected chi connectivity index (χ3v) is 3.15. The molecule has 0 atom stereocenters. The monoisotopic (exact) mass is 247 g/mol. The number of amides is 3. The van der Waals surface area contributed by atoms with E-state index in [1.807, 2.05) is 0 Å². The Morgan fingerprint density at radius 3 is 2.00 bits per heavy atom. The molecule has 0 unspecified atom stereocenters. The molecule has 1 aromatic carbocycles. The Kier molecular flexibility index (Phi) is 3.82. The fourth-order valence-electron chi connectivity index (χ4n) is 2.21. The topological polar surface area (TPSA) is 84.2 Å². The molecule has 1 aromatic rings. The van der Waals surface area contributed by atoms with E-state index in [4.69, 9.17) is 5.73 Å². The molecule has 4 N–H and O–H groups in total. The highest BCUT2D eigenvalue weighted by Gasteiger charge is 2.22. The summed E-state index contributed by atoms with van der Waals surface area (Å²) in [5, 5.41) is 5.35. The SMILES string of the molecule is NC(=O)Nc1ccc(NC(=O)C2CCCC2)cc1. The van der Waals surface area contributed by atoms with Crippen molar-refractivity contribution in [1.29, 1.82) is 0 Å². The zero-order valence-electron chi connectivity index (χ0n) is 10.1. The highest BCUT2D eigenvalue weighted by Crippen LogP contribution is 2.26. The van der Waals surface area contributed by atoms with Gasteiger partial charge in [-0.05, 0) is 37.1 Å². The van der Waals surface area contributed by atoms with Gasteiger partial charge in [0.05, 0.1) is 0 Å². The van der Waals surface area contributed by atoms with Gasteiger partial charge in [0.25, 0.3) is 0 Å². The molecule has 1 aliphatic rings. The van der Waals surface area contributed by atoms with E-state index >= 15 is 0 Å². The number of carbonyl (C=O) groups is 2. The maximum absolute atomic E-state index is 11.9. The van der Waals surface area contributed by atoms with Crippen LogP contribution in [0.3, 0.4) is 0 Å². The molecule has 0 bridgehead atoms. The lowest BCUT2D eigenvalue weighted by Gasteiger charge is -2.10. The van der Waals surface area contributed by atoms with E-state index in [0.29, 0.717) is 5.69 Å².